The number of hydrogen-bond donors (Lipinski definition) is 1. The fourth-order valence-corrected chi connectivity index (χ4v) is 3.15. The average Bonchev–Trinajstić information content (AvgIpc) is 3.44. The maximum atomic E-state index is 13.9. The van der Waals surface area contributed by atoms with E-state index in [1.807, 2.05) is 23.6 Å². The van der Waals surface area contributed by atoms with Gasteiger partial charge >= 0.3 is 0 Å². The van der Waals surface area contributed by atoms with Gasteiger partial charge < -0.3 is 9.88 Å². The molecule has 1 amide bonds. The summed E-state index contributed by atoms with van der Waals surface area (Å²) in [6.45, 7) is 1.95. The molecular formula is C20H16ClFN2O2. The van der Waals surface area contributed by atoms with Crippen LogP contribution in [0.2, 0.25) is 5.02 Å². The molecule has 0 saturated heterocycles. The summed E-state index contributed by atoms with van der Waals surface area (Å²) in [5.41, 5.74) is 1.71. The molecule has 0 bridgehead atoms. The lowest BCUT2D eigenvalue weighted by Gasteiger charge is -2.13. The third-order valence-electron chi connectivity index (χ3n) is 4.57. The van der Waals surface area contributed by atoms with E-state index in [9.17, 15) is 14.0 Å². The average molecular weight is 371 g/mol. The Kier molecular flexibility index (Phi) is 4.04. The Balaban J connectivity index is 1.83. The van der Waals surface area contributed by atoms with Crippen LogP contribution in [0.5, 0.6) is 0 Å². The molecule has 1 heterocycles. The minimum Gasteiger partial charge on any atom is -0.343 e. The van der Waals surface area contributed by atoms with Crippen LogP contribution >= 0.6 is 11.6 Å². The Labute approximate surface area is 154 Å². The van der Waals surface area contributed by atoms with Crippen molar-refractivity contribution >= 4 is 34.1 Å². The monoisotopic (exact) mass is 370 g/mol. The number of carbonyl (C=O) groups excluding carboxylic acids is 1. The fraction of sp³-hybridized carbons (Fsp3) is 0.200. The van der Waals surface area contributed by atoms with E-state index < -0.39 is 17.2 Å². The smallest absolute Gasteiger partial charge is 0.261 e. The number of benzene rings is 2. The number of nitrogens with one attached hydrogen (secondary N) is 1. The van der Waals surface area contributed by atoms with Crippen LogP contribution in [0.25, 0.3) is 10.9 Å². The number of aromatic nitrogens is 1. The van der Waals surface area contributed by atoms with Crippen molar-refractivity contribution in [1.29, 1.82) is 0 Å². The summed E-state index contributed by atoms with van der Waals surface area (Å²) in [4.78, 5) is 25.5. The minimum atomic E-state index is -0.672. The summed E-state index contributed by atoms with van der Waals surface area (Å²) < 4.78 is 15.8. The molecule has 132 valence electrons. The standard InChI is InChI=1S/C20H16ClFN2O2/c1-11-2-4-12(5-3-11)23-20(26)15-10-24(13-6-7-13)18-9-16(21)17(22)8-14(18)19(15)25/h2-5,8-10,13H,6-7H2,1H3,(H,23,26). The first-order valence-corrected chi connectivity index (χ1v) is 8.74. The zero-order valence-electron chi connectivity index (χ0n) is 14.1. The Bertz CT molecular complexity index is 1090. The lowest BCUT2D eigenvalue weighted by atomic mass is 10.1. The molecule has 1 aliphatic carbocycles. The van der Waals surface area contributed by atoms with Gasteiger partial charge in [-0.15, -0.1) is 0 Å². The number of carbonyl (C=O) groups is 1. The molecule has 1 aromatic heterocycles. The number of amides is 1. The number of anilines is 1. The van der Waals surface area contributed by atoms with Crippen molar-refractivity contribution in [1.82, 2.24) is 4.57 Å². The van der Waals surface area contributed by atoms with Crippen LogP contribution in [0.4, 0.5) is 10.1 Å². The van der Waals surface area contributed by atoms with E-state index in [-0.39, 0.29) is 22.0 Å². The summed E-state index contributed by atoms with van der Waals surface area (Å²) >= 11 is 5.89. The first-order chi connectivity index (χ1) is 12.4. The molecule has 0 unspecified atom stereocenters. The normalized spacial score (nSPS) is 13.8. The highest BCUT2D eigenvalue weighted by Crippen LogP contribution is 2.37. The summed E-state index contributed by atoms with van der Waals surface area (Å²) in [6, 6.07) is 10.0. The van der Waals surface area contributed by atoms with Gasteiger partial charge in [-0.3, -0.25) is 9.59 Å². The molecule has 1 saturated carbocycles. The van der Waals surface area contributed by atoms with Crippen molar-refractivity contribution in [3.63, 3.8) is 0 Å². The SMILES string of the molecule is Cc1ccc(NC(=O)c2cn(C3CC3)c3cc(Cl)c(F)cc3c2=O)cc1. The third-order valence-corrected chi connectivity index (χ3v) is 4.86. The van der Waals surface area contributed by atoms with Gasteiger partial charge in [-0.05, 0) is 44.0 Å². The van der Waals surface area contributed by atoms with Crippen molar-refractivity contribution in [2.24, 2.45) is 0 Å². The number of nitrogens with zero attached hydrogens (tertiary/aromatic N) is 1. The van der Waals surface area contributed by atoms with Crippen molar-refractivity contribution in [3.8, 4) is 0 Å². The van der Waals surface area contributed by atoms with Crippen LogP contribution < -0.4 is 10.7 Å². The lowest BCUT2D eigenvalue weighted by molar-refractivity contribution is 0.102. The van der Waals surface area contributed by atoms with Crippen molar-refractivity contribution in [2.45, 2.75) is 25.8 Å². The maximum absolute atomic E-state index is 13.9. The number of aryl methyl sites for hydroxylation is 1. The number of halogens is 2. The van der Waals surface area contributed by atoms with Crippen LogP contribution in [0, 0.1) is 12.7 Å². The van der Waals surface area contributed by atoms with Gasteiger partial charge in [-0.25, -0.2) is 4.39 Å². The van der Waals surface area contributed by atoms with E-state index in [4.69, 9.17) is 11.6 Å². The van der Waals surface area contributed by atoms with Gasteiger partial charge in [0.05, 0.1) is 10.5 Å². The van der Waals surface area contributed by atoms with E-state index in [1.165, 1.54) is 6.07 Å². The quantitative estimate of drug-likeness (QED) is 0.727. The maximum Gasteiger partial charge on any atom is 0.261 e. The van der Waals surface area contributed by atoms with Gasteiger partial charge in [0.1, 0.15) is 11.4 Å². The van der Waals surface area contributed by atoms with E-state index in [0.29, 0.717) is 11.2 Å². The van der Waals surface area contributed by atoms with Gasteiger partial charge in [-0.1, -0.05) is 29.3 Å². The second-order valence-electron chi connectivity index (χ2n) is 6.61. The number of fused-ring (bicyclic) bond motifs is 1. The van der Waals surface area contributed by atoms with Crippen LogP contribution in [0.15, 0.2) is 47.4 Å². The van der Waals surface area contributed by atoms with Gasteiger partial charge in [0.25, 0.3) is 5.91 Å². The molecule has 4 nitrogen and oxygen atoms in total. The zero-order chi connectivity index (χ0) is 18.4. The molecule has 1 aliphatic rings. The fourth-order valence-electron chi connectivity index (χ4n) is 3.00. The topological polar surface area (TPSA) is 51.1 Å². The summed E-state index contributed by atoms with van der Waals surface area (Å²) in [5, 5.41) is 2.86. The van der Waals surface area contributed by atoms with Crippen molar-refractivity contribution in [3.05, 3.63) is 74.8 Å². The molecule has 3 aromatic rings. The zero-order valence-corrected chi connectivity index (χ0v) is 14.8. The molecule has 2 aromatic carbocycles. The first-order valence-electron chi connectivity index (χ1n) is 8.36. The second-order valence-corrected chi connectivity index (χ2v) is 7.02. The highest BCUT2D eigenvalue weighted by atomic mass is 35.5. The molecule has 0 radical (unpaired) electrons. The van der Waals surface area contributed by atoms with Gasteiger partial charge in [0.2, 0.25) is 5.43 Å². The van der Waals surface area contributed by atoms with Crippen molar-refractivity contribution < 1.29 is 9.18 Å². The number of hydrogen-bond acceptors (Lipinski definition) is 2. The Morgan fingerprint density at radius 1 is 1.23 bits per heavy atom. The minimum absolute atomic E-state index is 0.00769. The predicted molar refractivity (Wildman–Crippen MR) is 101 cm³/mol. The lowest BCUT2D eigenvalue weighted by Crippen LogP contribution is -2.24. The Hall–Kier alpha value is -2.66. The van der Waals surface area contributed by atoms with Crippen LogP contribution in [-0.4, -0.2) is 10.5 Å². The molecule has 0 aliphatic heterocycles. The third kappa shape index (κ3) is 2.99. The molecule has 1 N–H and O–H groups in total. The van der Waals surface area contributed by atoms with Crippen molar-refractivity contribution in [2.75, 3.05) is 5.32 Å². The highest BCUT2D eigenvalue weighted by molar-refractivity contribution is 6.31. The summed E-state index contributed by atoms with van der Waals surface area (Å²) in [6.07, 6.45) is 3.46. The highest BCUT2D eigenvalue weighted by Gasteiger charge is 2.27. The van der Waals surface area contributed by atoms with Gasteiger partial charge in [0, 0.05) is 23.3 Å². The van der Waals surface area contributed by atoms with E-state index in [1.54, 1.807) is 18.3 Å². The van der Waals surface area contributed by atoms with E-state index >= 15 is 0 Å². The number of rotatable bonds is 3. The van der Waals surface area contributed by atoms with E-state index in [0.717, 1.165) is 24.5 Å². The van der Waals surface area contributed by atoms with Gasteiger partial charge in [-0.2, -0.15) is 0 Å². The molecule has 26 heavy (non-hydrogen) atoms. The van der Waals surface area contributed by atoms with Crippen LogP contribution in [-0.2, 0) is 0 Å². The second kappa shape index (κ2) is 6.25. The molecule has 0 atom stereocenters. The predicted octanol–water partition coefficient (Wildman–Crippen LogP) is 4.69. The molecule has 0 spiro atoms. The van der Waals surface area contributed by atoms with Crippen LogP contribution in [0.1, 0.15) is 34.8 Å². The summed E-state index contributed by atoms with van der Waals surface area (Å²) in [5.74, 6) is -1.18. The molecule has 6 heteroatoms. The Morgan fingerprint density at radius 3 is 2.58 bits per heavy atom. The summed E-state index contributed by atoms with van der Waals surface area (Å²) in [7, 11) is 0. The molecule has 4 rings (SSSR count). The first kappa shape index (κ1) is 16.8. The number of pyridine rings is 1. The van der Waals surface area contributed by atoms with Crippen LogP contribution in [0.3, 0.4) is 0 Å². The van der Waals surface area contributed by atoms with E-state index in [2.05, 4.69) is 5.32 Å². The largest absolute Gasteiger partial charge is 0.343 e. The Morgan fingerprint density at radius 2 is 1.92 bits per heavy atom. The van der Waals surface area contributed by atoms with Gasteiger partial charge in [0.15, 0.2) is 0 Å². The molecular weight excluding hydrogens is 355 g/mol. The molecule has 1 fully saturated rings.